The molecule has 1 aromatic rings. The van der Waals surface area contributed by atoms with Crippen LogP contribution in [0.4, 0.5) is 0 Å². The molecule has 7 heteroatoms. The molecule has 2 N–H and O–H groups in total. The molecular weight excluding hydrogens is 282 g/mol. The molecule has 2 rings (SSSR count). The van der Waals surface area contributed by atoms with Crippen LogP contribution in [0.5, 0.6) is 5.75 Å². The lowest BCUT2D eigenvalue weighted by Crippen LogP contribution is -2.27. The van der Waals surface area contributed by atoms with Gasteiger partial charge >= 0.3 is 5.97 Å². The van der Waals surface area contributed by atoms with Crippen LogP contribution in [0.1, 0.15) is 30.1 Å². The molecule has 2 atom stereocenters. The van der Waals surface area contributed by atoms with Gasteiger partial charge in [0.15, 0.2) is 0 Å². The summed E-state index contributed by atoms with van der Waals surface area (Å²) in [6.07, 6.45) is 1.77. The van der Waals surface area contributed by atoms with E-state index in [4.69, 9.17) is 9.84 Å². The van der Waals surface area contributed by atoms with Crippen LogP contribution in [0.15, 0.2) is 23.1 Å². The zero-order valence-corrected chi connectivity index (χ0v) is 12.1. The number of hydrogen-bond acceptors (Lipinski definition) is 4. The molecule has 1 saturated carbocycles. The second-order valence-corrected chi connectivity index (χ2v) is 6.49. The quantitative estimate of drug-likeness (QED) is 0.829. The first kappa shape index (κ1) is 14.8. The van der Waals surface area contributed by atoms with Gasteiger partial charge in [0.05, 0.1) is 12.7 Å². The number of carboxylic acids is 1. The molecule has 0 spiro atoms. The fourth-order valence-electron chi connectivity index (χ4n) is 2.13. The first-order valence-corrected chi connectivity index (χ1v) is 7.81. The van der Waals surface area contributed by atoms with Crippen molar-refractivity contribution in [1.82, 2.24) is 4.72 Å². The predicted octanol–water partition coefficient (Wildman–Crippen LogP) is 1.47. The van der Waals surface area contributed by atoms with Crippen LogP contribution in [0.25, 0.3) is 0 Å². The highest BCUT2D eigenvalue weighted by molar-refractivity contribution is 7.89. The van der Waals surface area contributed by atoms with Gasteiger partial charge in [-0.3, -0.25) is 0 Å². The fraction of sp³-hybridized carbons (Fsp3) is 0.462. The Bertz CT molecular complexity index is 626. The van der Waals surface area contributed by atoms with Crippen molar-refractivity contribution in [2.24, 2.45) is 5.92 Å². The molecule has 0 saturated heterocycles. The van der Waals surface area contributed by atoms with Gasteiger partial charge < -0.3 is 9.84 Å². The van der Waals surface area contributed by atoms with Gasteiger partial charge in [-0.2, -0.15) is 0 Å². The Morgan fingerprint density at radius 1 is 1.50 bits per heavy atom. The number of sulfonamides is 1. The zero-order chi connectivity index (χ0) is 14.9. The van der Waals surface area contributed by atoms with Gasteiger partial charge in [0, 0.05) is 6.04 Å². The van der Waals surface area contributed by atoms with E-state index in [2.05, 4.69) is 4.72 Å². The second kappa shape index (κ2) is 5.41. The molecule has 110 valence electrons. The summed E-state index contributed by atoms with van der Waals surface area (Å²) >= 11 is 0. The Balaban J connectivity index is 2.29. The predicted molar refractivity (Wildman–Crippen MR) is 72.5 cm³/mol. The third-order valence-electron chi connectivity index (χ3n) is 3.45. The Kier molecular flexibility index (Phi) is 4.01. The highest BCUT2D eigenvalue weighted by Gasteiger charge is 2.39. The van der Waals surface area contributed by atoms with E-state index in [1.54, 1.807) is 0 Å². The molecule has 0 heterocycles. The number of methoxy groups -OCH3 is 1. The molecule has 0 bridgehead atoms. The van der Waals surface area contributed by atoms with Gasteiger partial charge in [-0.15, -0.1) is 0 Å². The third kappa shape index (κ3) is 2.94. The van der Waals surface area contributed by atoms with E-state index in [1.807, 2.05) is 6.92 Å². The first-order chi connectivity index (χ1) is 9.39. The number of ether oxygens (including phenoxy) is 1. The summed E-state index contributed by atoms with van der Waals surface area (Å²) in [5.74, 6) is -0.714. The van der Waals surface area contributed by atoms with Crippen LogP contribution in [0.2, 0.25) is 0 Å². The number of carbonyl (C=O) groups is 1. The maximum Gasteiger partial charge on any atom is 0.335 e. The van der Waals surface area contributed by atoms with Gasteiger partial charge in [0.1, 0.15) is 10.6 Å². The van der Waals surface area contributed by atoms with Crippen molar-refractivity contribution in [3.05, 3.63) is 23.8 Å². The van der Waals surface area contributed by atoms with Gasteiger partial charge in [-0.1, -0.05) is 13.3 Å². The van der Waals surface area contributed by atoms with Crippen LogP contribution in [-0.4, -0.2) is 32.6 Å². The van der Waals surface area contributed by atoms with Crippen LogP contribution in [0.3, 0.4) is 0 Å². The maximum atomic E-state index is 12.3. The minimum absolute atomic E-state index is 0.0151. The molecule has 6 nitrogen and oxygen atoms in total. The van der Waals surface area contributed by atoms with Crippen LogP contribution < -0.4 is 9.46 Å². The van der Waals surface area contributed by atoms with Crippen molar-refractivity contribution in [3.63, 3.8) is 0 Å². The lowest BCUT2D eigenvalue weighted by atomic mass is 10.2. The summed E-state index contributed by atoms with van der Waals surface area (Å²) in [5.41, 5.74) is -0.0151. The van der Waals surface area contributed by atoms with E-state index in [0.717, 1.165) is 12.8 Å². The Morgan fingerprint density at radius 2 is 2.20 bits per heavy atom. The third-order valence-corrected chi connectivity index (χ3v) is 4.98. The number of aromatic carboxylic acids is 1. The number of carboxylic acid groups (broad SMARTS) is 1. The molecular formula is C13H17NO5S. The molecule has 1 aliphatic rings. The standard InChI is InChI=1S/C13H17NO5S/c1-3-8-6-10(8)14-20(17,18)12-5-4-9(13(15)16)7-11(12)19-2/h4-5,7-8,10,14H,3,6H2,1-2H3,(H,15,16). The zero-order valence-electron chi connectivity index (χ0n) is 11.3. The fourth-order valence-corrected chi connectivity index (χ4v) is 3.60. The van der Waals surface area contributed by atoms with E-state index in [9.17, 15) is 13.2 Å². The molecule has 1 aromatic carbocycles. The summed E-state index contributed by atoms with van der Waals surface area (Å²) in [4.78, 5) is 10.8. The topological polar surface area (TPSA) is 92.7 Å². The summed E-state index contributed by atoms with van der Waals surface area (Å²) in [5, 5.41) is 8.90. The van der Waals surface area contributed by atoms with Gasteiger partial charge in [0.25, 0.3) is 0 Å². The number of rotatable bonds is 6. The van der Waals surface area contributed by atoms with Crippen LogP contribution in [0, 0.1) is 5.92 Å². The van der Waals surface area contributed by atoms with Crippen molar-refractivity contribution in [2.75, 3.05) is 7.11 Å². The van der Waals surface area contributed by atoms with Crippen LogP contribution >= 0.6 is 0 Å². The largest absolute Gasteiger partial charge is 0.495 e. The molecule has 0 radical (unpaired) electrons. The van der Waals surface area contributed by atoms with Crippen LogP contribution in [-0.2, 0) is 10.0 Å². The van der Waals surface area contributed by atoms with Crippen molar-refractivity contribution in [1.29, 1.82) is 0 Å². The maximum absolute atomic E-state index is 12.3. The summed E-state index contributed by atoms with van der Waals surface area (Å²) in [6.45, 7) is 2.02. The van der Waals surface area contributed by atoms with Crippen molar-refractivity contribution < 1.29 is 23.1 Å². The van der Waals surface area contributed by atoms with Gasteiger partial charge in [0.2, 0.25) is 10.0 Å². The molecule has 0 aromatic heterocycles. The smallest absolute Gasteiger partial charge is 0.335 e. The highest BCUT2D eigenvalue weighted by atomic mass is 32.2. The number of hydrogen-bond donors (Lipinski definition) is 2. The van der Waals surface area contributed by atoms with E-state index in [1.165, 1.54) is 25.3 Å². The summed E-state index contributed by atoms with van der Waals surface area (Å²) in [7, 11) is -2.38. The van der Waals surface area contributed by atoms with Gasteiger partial charge in [-0.05, 0) is 30.5 Å². The minimum atomic E-state index is -3.69. The number of benzene rings is 1. The Hall–Kier alpha value is -1.60. The molecule has 0 aliphatic heterocycles. The van der Waals surface area contributed by atoms with E-state index in [-0.39, 0.29) is 22.3 Å². The molecule has 2 unspecified atom stereocenters. The van der Waals surface area contributed by atoms with E-state index >= 15 is 0 Å². The lowest BCUT2D eigenvalue weighted by molar-refractivity contribution is 0.0696. The Labute approximate surface area is 117 Å². The van der Waals surface area contributed by atoms with Crippen molar-refractivity contribution in [2.45, 2.75) is 30.7 Å². The van der Waals surface area contributed by atoms with Crippen molar-refractivity contribution in [3.8, 4) is 5.75 Å². The first-order valence-electron chi connectivity index (χ1n) is 6.32. The van der Waals surface area contributed by atoms with Gasteiger partial charge in [-0.25, -0.2) is 17.9 Å². The molecule has 0 amide bonds. The average molecular weight is 299 g/mol. The van der Waals surface area contributed by atoms with E-state index < -0.39 is 16.0 Å². The average Bonchev–Trinajstić information content (AvgIpc) is 3.15. The minimum Gasteiger partial charge on any atom is -0.495 e. The SMILES string of the molecule is CCC1CC1NS(=O)(=O)c1ccc(C(=O)O)cc1OC. The summed E-state index contributed by atoms with van der Waals surface area (Å²) < 4.78 is 32.1. The molecule has 1 aliphatic carbocycles. The summed E-state index contributed by atoms with van der Waals surface area (Å²) in [6, 6.07) is 3.69. The number of nitrogens with one attached hydrogen (secondary N) is 1. The second-order valence-electron chi connectivity index (χ2n) is 4.80. The molecule has 1 fully saturated rings. The Morgan fingerprint density at radius 3 is 2.70 bits per heavy atom. The lowest BCUT2D eigenvalue weighted by Gasteiger charge is -2.11. The molecule has 20 heavy (non-hydrogen) atoms. The van der Waals surface area contributed by atoms with Crippen molar-refractivity contribution >= 4 is 16.0 Å². The monoisotopic (exact) mass is 299 g/mol. The van der Waals surface area contributed by atoms with E-state index in [0.29, 0.717) is 5.92 Å². The normalized spacial score (nSPS) is 21.5. The highest BCUT2D eigenvalue weighted by Crippen LogP contribution is 2.35.